The first-order valence-corrected chi connectivity index (χ1v) is 12.3. The molecule has 0 atom stereocenters. The summed E-state index contributed by atoms with van der Waals surface area (Å²) in [6.45, 7) is 0.776. The third-order valence-corrected chi connectivity index (χ3v) is 7.72. The monoisotopic (exact) mass is 435 g/mol. The zero-order chi connectivity index (χ0) is 22.0. The molecule has 0 amide bonds. The van der Waals surface area contributed by atoms with Crippen LogP contribution in [0.25, 0.3) is 5.70 Å². The quantitative estimate of drug-likeness (QED) is 0.210. The van der Waals surface area contributed by atoms with E-state index >= 15 is 0 Å². The van der Waals surface area contributed by atoms with Crippen LogP contribution in [0.3, 0.4) is 0 Å². The topological polar surface area (TPSA) is 29.1 Å². The van der Waals surface area contributed by atoms with Crippen molar-refractivity contribution in [3.05, 3.63) is 139 Å². The third kappa shape index (κ3) is 5.81. The number of carbonyl (C=O) groups excluding carboxylic acids is 1. The van der Waals surface area contributed by atoms with Gasteiger partial charge in [-0.3, -0.25) is 4.79 Å². The molecule has 0 unspecified atom stereocenters. The summed E-state index contributed by atoms with van der Waals surface area (Å²) < 4.78 is 0. The van der Waals surface area contributed by atoms with E-state index in [-0.39, 0.29) is 5.78 Å². The van der Waals surface area contributed by atoms with Crippen LogP contribution in [0, 0.1) is 0 Å². The summed E-state index contributed by atoms with van der Waals surface area (Å²) in [5, 5.41) is 6.29. The molecular formula is C29H26NOP. The number of hydrogen-bond donors (Lipinski definition) is 1. The van der Waals surface area contributed by atoms with Gasteiger partial charge >= 0.3 is 0 Å². The Morgan fingerprint density at radius 3 is 1.56 bits per heavy atom. The molecule has 0 bridgehead atoms. The van der Waals surface area contributed by atoms with E-state index in [1.807, 2.05) is 60.7 Å². The van der Waals surface area contributed by atoms with E-state index in [1.54, 1.807) is 6.08 Å². The predicted octanol–water partition coefficient (Wildman–Crippen LogP) is 5.63. The average Bonchev–Trinajstić information content (AvgIpc) is 2.88. The maximum atomic E-state index is 12.9. The number of benzene rings is 4. The Hall–Kier alpha value is -3.48. The van der Waals surface area contributed by atoms with Crippen LogP contribution in [0.2, 0.25) is 0 Å². The molecular weight excluding hydrogens is 409 g/mol. The summed E-state index contributed by atoms with van der Waals surface area (Å²) in [6, 6.07) is 40.9. The van der Waals surface area contributed by atoms with E-state index in [0.717, 1.165) is 24.0 Å². The SMILES string of the molecule is O=C(/C=C(\NCCP(c1ccccc1)c1ccccc1)c1ccccc1)c1ccccc1. The van der Waals surface area contributed by atoms with Crippen molar-refractivity contribution in [3.63, 3.8) is 0 Å². The van der Waals surface area contributed by atoms with Crippen molar-refractivity contribution >= 4 is 30.0 Å². The Bertz CT molecular complexity index is 1100. The molecule has 0 aliphatic carbocycles. The molecule has 4 aromatic rings. The van der Waals surface area contributed by atoms with Crippen molar-refractivity contribution in [1.82, 2.24) is 5.32 Å². The summed E-state index contributed by atoms with van der Waals surface area (Å²) >= 11 is 0. The molecule has 0 saturated carbocycles. The zero-order valence-electron chi connectivity index (χ0n) is 17.9. The van der Waals surface area contributed by atoms with Crippen molar-refractivity contribution in [3.8, 4) is 0 Å². The highest BCUT2D eigenvalue weighted by atomic mass is 31.1. The highest BCUT2D eigenvalue weighted by Crippen LogP contribution is 2.32. The van der Waals surface area contributed by atoms with Crippen molar-refractivity contribution in [2.24, 2.45) is 0 Å². The fraction of sp³-hybridized carbons (Fsp3) is 0.0690. The van der Waals surface area contributed by atoms with Crippen LogP contribution >= 0.6 is 7.92 Å². The normalized spacial score (nSPS) is 11.3. The van der Waals surface area contributed by atoms with Crippen LogP contribution in [0.4, 0.5) is 0 Å². The first kappa shape index (κ1) is 21.7. The fourth-order valence-electron chi connectivity index (χ4n) is 3.60. The Morgan fingerprint density at radius 2 is 1.06 bits per heavy atom. The molecule has 32 heavy (non-hydrogen) atoms. The predicted molar refractivity (Wildman–Crippen MR) is 137 cm³/mol. The van der Waals surface area contributed by atoms with Crippen molar-refractivity contribution in [1.29, 1.82) is 0 Å². The van der Waals surface area contributed by atoms with Gasteiger partial charge in [-0.25, -0.2) is 0 Å². The largest absolute Gasteiger partial charge is 0.384 e. The second-order valence-electron chi connectivity index (χ2n) is 7.40. The molecule has 158 valence electrons. The zero-order valence-corrected chi connectivity index (χ0v) is 18.8. The molecule has 0 radical (unpaired) electrons. The number of ketones is 1. The van der Waals surface area contributed by atoms with E-state index < -0.39 is 7.92 Å². The van der Waals surface area contributed by atoms with Gasteiger partial charge in [-0.05, 0) is 30.3 Å². The first-order chi connectivity index (χ1) is 15.8. The average molecular weight is 436 g/mol. The van der Waals surface area contributed by atoms with Gasteiger partial charge < -0.3 is 5.32 Å². The molecule has 3 heteroatoms. The van der Waals surface area contributed by atoms with Crippen LogP contribution < -0.4 is 15.9 Å². The maximum Gasteiger partial charge on any atom is 0.187 e. The molecule has 0 aliphatic rings. The minimum Gasteiger partial charge on any atom is -0.384 e. The van der Waals surface area contributed by atoms with Gasteiger partial charge in [-0.1, -0.05) is 121 Å². The lowest BCUT2D eigenvalue weighted by molar-refractivity contribution is 0.104. The minimum atomic E-state index is -0.489. The molecule has 4 aromatic carbocycles. The second kappa shape index (κ2) is 11.2. The Morgan fingerprint density at radius 1 is 0.625 bits per heavy atom. The maximum absolute atomic E-state index is 12.9. The summed E-state index contributed by atoms with van der Waals surface area (Å²) in [7, 11) is -0.489. The van der Waals surface area contributed by atoms with Gasteiger partial charge in [-0.2, -0.15) is 0 Å². The molecule has 0 aromatic heterocycles. The van der Waals surface area contributed by atoms with E-state index in [4.69, 9.17) is 0 Å². The number of hydrogen-bond acceptors (Lipinski definition) is 2. The van der Waals surface area contributed by atoms with E-state index in [9.17, 15) is 4.79 Å². The molecule has 2 nitrogen and oxygen atoms in total. The molecule has 4 rings (SSSR count). The smallest absolute Gasteiger partial charge is 0.187 e. The van der Waals surface area contributed by atoms with E-state index in [1.165, 1.54) is 10.6 Å². The highest BCUT2D eigenvalue weighted by Gasteiger charge is 2.14. The third-order valence-electron chi connectivity index (χ3n) is 5.21. The summed E-state index contributed by atoms with van der Waals surface area (Å²) in [4.78, 5) is 12.9. The molecule has 0 aliphatic heterocycles. The number of rotatable bonds is 9. The Labute approximate surface area is 191 Å². The van der Waals surface area contributed by atoms with Crippen LogP contribution in [0.15, 0.2) is 127 Å². The molecule has 0 saturated heterocycles. The second-order valence-corrected chi connectivity index (χ2v) is 9.74. The Kier molecular flexibility index (Phi) is 7.63. The molecule has 0 fully saturated rings. The van der Waals surface area contributed by atoms with Crippen LogP contribution in [0.5, 0.6) is 0 Å². The summed E-state index contributed by atoms with van der Waals surface area (Å²) in [6.07, 6.45) is 2.70. The fourth-order valence-corrected chi connectivity index (χ4v) is 5.81. The van der Waals surface area contributed by atoms with Crippen molar-refractivity contribution < 1.29 is 4.79 Å². The lowest BCUT2D eigenvalue weighted by atomic mass is 10.1. The number of nitrogens with one attached hydrogen (secondary N) is 1. The molecule has 0 heterocycles. The van der Waals surface area contributed by atoms with E-state index in [2.05, 4.69) is 66.0 Å². The van der Waals surface area contributed by atoms with E-state index in [0.29, 0.717) is 5.56 Å². The number of carbonyl (C=O) groups is 1. The van der Waals surface area contributed by atoms with Crippen molar-refractivity contribution in [2.75, 3.05) is 12.7 Å². The Balaban J connectivity index is 1.55. The number of allylic oxidation sites excluding steroid dienone is 1. The van der Waals surface area contributed by atoms with Crippen LogP contribution in [0.1, 0.15) is 15.9 Å². The molecule has 0 spiro atoms. The van der Waals surface area contributed by atoms with Gasteiger partial charge in [0.1, 0.15) is 0 Å². The van der Waals surface area contributed by atoms with Crippen LogP contribution in [-0.4, -0.2) is 18.5 Å². The lowest BCUT2D eigenvalue weighted by Crippen LogP contribution is -2.22. The summed E-state index contributed by atoms with van der Waals surface area (Å²) in [5.41, 5.74) is 2.56. The molecule has 1 N–H and O–H groups in total. The van der Waals surface area contributed by atoms with Gasteiger partial charge in [-0.15, -0.1) is 0 Å². The standard InChI is InChI=1S/C29H26NOP/c31-29(25-15-7-2-8-16-25)23-28(24-13-5-1-6-14-24)30-21-22-32(26-17-9-3-10-18-26)27-19-11-4-12-20-27/h1-20,23,30H,21-22H2/b28-23-. The first-order valence-electron chi connectivity index (χ1n) is 10.8. The highest BCUT2D eigenvalue weighted by molar-refractivity contribution is 7.73. The van der Waals surface area contributed by atoms with Gasteiger partial charge in [0.15, 0.2) is 5.78 Å². The van der Waals surface area contributed by atoms with Crippen molar-refractivity contribution in [2.45, 2.75) is 0 Å². The summed E-state index contributed by atoms with van der Waals surface area (Å²) in [5.74, 6) is 0.00494. The van der Waals surface area contributed by atoms with Gasteiger partial charge in [0.05, 0.1) is 0 Å². The van der Waals surface area contributed by atoms with Gasteiger partial charge in [0, 0.05) is 23.9 Å². The van der Waals surface area contributed by atoms with Crippen LogP contribution in [-0.2, 0) is 0 Å². The lowest BCUT2D eigenvalue weighted by Gasteiger charge is -2.20. The van der Waals surface area contributed by atoms with Gasteiger partial charge in [0.2, 0.25) is 0 Å². The van der Waals surface area contributed by atoms with Gasteiger partial charge in [0.25, 0.3) is 0 Å². The minimum absolute atomic E-state index is 0.00494.